The van der Waals surface area contributed by atoms with Crippen molar-refractivity contribution in [1.82, 2.24) is 10.2 Å². The number of ketones is 1. The molecule has 33 heavy (non-hydrogen) atoms. The first kappa shape index (κ1) is 24.0. The predicted molar refractivity (Wildman–Crippen MR) is 113 cm³/mol. The number of thiophene rings is 1. The summed E-state index contributed by atoms with van der Waals surface area (Å²) < 4.78 is 79.1. The summed E-state index contributed by atoms with van der Waals surface area (Å²) in [6.45, 7) is 2.51. The van der Waals surface area contributed by atoms with Crippen molar-refractivity contribution in [2.45, 2.75) is 37.8 Å². The molecule has 4 nitrogen and oxygen atoms in total. The molecule has 0 aliphatic carbocycles. The largest absolute Gasteiger partial charge is 0.418 e. The van der Waals surface area contributed by atoms with Crippen LogP contribution in [0.4, 0.5) is 32.0 Å². The minimum Gasteiger partial charge on any atom is -0.368 e. The van der Waals surface area contributed by atoms with Crippen molar-refractivity contribution in [3.05, 3.63) is 51.2 Å². The second kappa shape index (κ2) is 9.27. The molecule has 3 heterocycles. The van der Waals surface area contributed by atoms with E-state index in [4.69, 9.17) is 0 Å². The third kappa shape index (κ3) is 5.52. The Morgan fingerprint density at radius 1 is 1.03 bits per heavy atom. The van der Waals surface area contributed by atoms with Crippen LogP contribution in [0.1, 0.15) is 28.0 Å². The minimum atomic E-state index is -4.89. The van der Waals surface area contributed by atoms with E-state index in [1.54, 1.807) is 11.3 Å². The topological polar surface area (TPSA) is 35.6 Å². The first-order valence-electron chi connectivity index (χ1n) is 10.6. The van der Waals surface area contributed by atoms with Crippen molar-refractivity contribution >= 4 is 22.8 Å². The number of hydrogen-bond acceptors (Lipinski definition) is 5. The summed E-state index contributed by atoms with van der Waals surface area (Å²) in [5.74, 6) is 0.108. The number of halogens is 6. The number of carbonyl (C=O) groups excluding carboxylic acids is 1. The Labute approximate surface area is 191 Å². The summed E-state index contributed by atoms with van der Waals surface area (Å²) in [6.07, 6.45) is -8.73. The van der Waals surface area contributed by atoms with Crippen LogP contribution >= 0.6 is 11.3 Å². The van der Waals surface area contributed by atoms with E-state index in [9.17, 15) is 31.1 Å². The number of carbonyl (C=O) groups is 1. The Balaban J connectivity index is 1.33. The number of fused-ring (bicyclic) bond motifs is 1. The monoisotopic (exact) mass is 491 g/mol. The van der Waals surface area contributed by atoms with Crippen molar-refractivity contribution in [2.24, 2.45) is 0 Å². The number of nitrogens with one attached hydrogen (secondary N) is 1. The molecule has 0 spiro atoms. The van der Waals surface area contributed by atoms with Gasteiger partial charge in [0.15, 0.2) is 5.78 Å². The van der Waals surface area contributed by atoms with Gasteiger partial charge in [-0.25, -0.2) is 0 Å². The highest BCUT2D eigenvalue weighted by atomic mass is 32.1. The molecule has 1 fully saturated rings. The van der Waals surface area contributed by atoms with Gasteiger partial charge in [0.2, 0.25) is 0 Å². The lowest BCUT2D eigenvalue weighted by atomic mass is 9.97. The highest BCUT2D eigenvalue weighted by Crippen LogP contribution is 2.41. The molecule has 1 saturated heterocycles. The van der Waals surface area contributed by atoms with Crippen LogP contribution < -0.4 is 10.2 Å². The molecule has 0 bridgehead atoms. The molecule has 4 rings (SSSR count). The Morgan fingerprint density at radius 2 is 1.76 bits per heavy atom. The lowest BCUT2D eigenvalue weighted by molar-refractivity contribution is -0.142. The average molecular weight is 492 g/mol. The van der Waals surface area contributed by atoms with E-state index < -0.39 is 23.5 Å². The van der Waals surface area contributed by atoms with E-state index in [2.05, 4.69) is 5.32 Å². The van der Waals surface area contributed by atoms with E-state index in [-0.39, 0.29) is 36.7 Å². The summed E-state index contributed by atoms with van der Waals surface area (Å²) in [5.41, 5.74) is -1.65. The molecule has 1 aromatic carbocycles. The fourth-order valence-corrected chi connectivity index (χ4v) is 5.18. The molecule has 1 aromatic heterocycles. The number of rotatable bonds is 5. The average Bonchev–Trinajstić information content (AvgIpc) is 3.24. The van der Waals surface area contributed by atoms with Gasteiger partial charge in [0, 0.05) is 56.3 Å². The Hall–Kier alpha value is -2.11. The van der Waals surface area contributed by atoms with Crippen LogP contribution in [0.2, 0.25) is 0 Å². The van der Waals surface area contributed by atoms with Crippen molar-refractivity contribution < 1.29 is 31.1 Å². The Bertz CT molecular complexity index is 995. The molecule has 0 saturated carbocycles. The first-order valence-corrected chi connectivity index (χ1v) is 11.5. The molecule has 1 atom stereocenters. The van der Waals surface area contributed by atoms with Crippen LogP contribution in [0.25, 0.3) is 0 Å². The van der Waals surface area contributed by atoms with Crippen molar-refractivity contribution in [3.8, 4) is 0 Å². The third-order valence-electron chi connectivity index (χ3n) is 6.18. The summed E-state index contributed by atoms with van der Waals surface area (Å²) in [5, 5.41) is 5.27. The van der Waals surface area contributed by atoms with Crippen LogP contribution in [0.5, 0.6) is 0 Å². The van der Waals surface area contributed by atoms with Gasteiger partial charge in [0.05, 0.1) is 17.2 Å². The van der Waals surface area contributed by atoms with Gasteiger partial charge in [-0.1, -0.05) is 0 Å². The zero-order valence-electron chi connectivity index (χ0n) is 17.6. The molecule has 2 aliphatic heterocycles. The molecule has 2 aromatic rings. The van der Waals surface area contributed by atoms with Gasteiger partial charge in [0.1, 0.15) is 0 Å². The fraction of sp³-hybridized carbons (Fsp3) is 0.500. The Morgan fingerprint density at radius 3 is 2.42 bits per heavy atom. The third-order valence-corrected chi connectivity index (χ3v) is 7.14. The quantitative estimate of drug-likeness (QED) is 0.622. The van der Waals surface area contributed by atoms with Gasteiger partial charge >= 0.3 is 12.4 Å². The van der Waals surface area contributed by atoms with E-state index in [0.29, 0.717) is 45.1 Å². The molecule has 1 unspecified atom stereocenters. The lowest BCUT2D eigenvalue weighted by Gasteiger charge is -2.37. The zero-order chi connectivity index (χ0) is 23.8. The van der Waals surface area contributed by atoms with Crippen molar-refractivity contribution in [2.75, 3.05) is 37.6 Å². The lowest BCUT2D eigenvalue weighted by Crippen LogP contribution is -2.48. The second-order valence-electron chi connectivity index (χ2n) is 8.28. The van der Waals surface area contributed by atoms with E-state index in [1.165, 1.54) is 15.3 Å². The van der Waals surface area contributed by atoms with Crippen molar-refractivity contribution in [1.29, 1.82) is 0 Å². The summed E-state index contributed by atoms with van der Waals surface area (Å²) in [4.78, 5) is 17.3. The predicted octanol–water partition coefficient (Wildman–Crippen LogP) is 4.58. The van der Waals surface area contributed by atoms with Gasteiger partial charge in [-0.3, -0.25) is 9.69 Å². The number of nitrogens with zero attached hydrogens (tertiary/aromatic N) is 2. The second-order valence-corrected chi connectivity index (χ2v) is 9.28. The Kier molecular flexibility index (Phi) is 6.75. The zero-order valence-corrected chi connectivity index (χ0v) is 18.4. The first-order chi connectivity index (χ1) is 15.5. The molecule has 11 heteroatoms. The molecule has 0 radical (unpaired) electrons. The summed E-state index contributed by atoms with van der Waals surface area (Å²) in [7, 11) is 0. The maximum absolute atomic E-state index is 13.5. The van der Waals surface area contributed by atoms with Gasteiger partial charge in [0.25, 0.3) is 0 Å². The molecule has 2 aliphatic rings. The smallest absolute Gasteiger partial charge is 0.368 e. The van der Waals surface area contributed by atoms with Crippen LogP contribution in [0.3, 0.4) is 0 Å². The van der Waals surface area contributed by atoms with Gasteiger partial charge in [-0.05, 0) is 41.6 Å². The van der Waals surface area contributed by atoms with Crippen LogP contribution in [-0.2, 0) is 30.1 Å². The molecular weight excluding hydrogens is 468 g/mol. The number of hydrogen-bond donors (Lipinski definition) is 1. The normalized spacial score (nSPS) is 20.1. The maximum atomic E-state index is 13.5. The standard InChI is InChI=1S/C22H23F6N3OS/c23-21(24,25)15-1-2-18(16(12-15)22(26,27)28)31-8-6-30(7-9-31)5-3-19(32)17-11-14-4-10-33-20(14)13-29-17/h1-2,4,10,12,17,29H,3,5-9,11,13H2. The maximum Gasteiger partial charge on any atom is 0.418 e. The van der Waals surface area contributed by atoms with Crippen LogP contribution in [0, 0.1) is 0 Å². The SMILES string of the molecule is O=C(CCN1CCN(c2ccc(C(F)(F)F)cc2C(F)(F)F)CC1)C1Cc2ccsc2CN1. The van der Waals surface area contributed by atoms with Gasteiger partial charge in [-0.15, -0.1) is 11.3 Å². The number of anilines is 1. The number of Topliss-reactive ketones (excluding diaryl/α,β-unsaturated/α-hetero) is 1. The van der Waals surface area contributed by atoms with Crippen molar-refractivity contribution in [3.63, 3.8) is 0 Å². The number of piperazine rings is 1. The molecule has 180 valence electrons. The van der Waals surface area contributed by atoms with Crippen LogP contribution in [-0.4, -0.2) is 49.4 Å². The highest BCUT2D eigenvalue weighted by molar-refractivity contribution is 7.10. The van der Waals surface area contributed by atoms with Crippen LogP contribution in [0.15, 0.2) is 29.6 Å². The van der Waals surface area contributed by atoms with E-state index in [0.717, 1.165) is 6.07 Å². The number of benzene rings is 1. The summed E-state index contributed by atoms with van der Waals surface area (Å²) >= 11 is 1.67. The molecule has 1 N–H and O–H groups in total. The fourth-order valence-electron chi connectivity index (χ4n) is 4.31. The van der Waals surface area contributed by atoms with Gasteiger partial charge < -0.3 is 10.2 Å². The van der Waals surface area contributed by atoms with Gasteiger partial charge in [-0.2, -0.15) is 26.3 Å². The summed E-state index contributed by atoms with van der Waals surface area (Å²) in [6, 6.07) is 3.58. The highest BCUT2D eigenvalue weighted by Gasteiger charge is 2.39. The van der Waals surface area contributed by atoms with E-state index in [1.807, 2.05) is 16.3 Å². The number of alkyl halides is 6. The molecule has 0 amide bonds. The molecular formula is C22H23F6N3OS. The van der Waals surface area contributed by atoms with E-state index >= 15 is 0 Å². The minimum absolute atomic E-state index is 0.108.